The summed E-state index contributed by atoms with van der Waals surface area (Å²) in [4.78, 5) is 26.7. The number of aliphatic carboxylic acids is 1. The van der Waals surface area contributed by atoms with Crippen molar-refractivity contribution in [3.05, 3.63) is 29.8 Å². The monoisotopic (exact) mass is 268 g/mol. The van der Waals surface area contributed by atoms with Gasteiger partial charge < -0.3 is 15.2 Å². The van der Waals surface area contributed by atoms with Gasteiger partial charge in [0, 0.05) is 26.1 Å². The van der Waals surface area contributed by atoms with Crippen LogP contribution in [-0.4, -0.2) is 40.7 Å². The largest absolute Gasteiger partial charge is 0.480 e. The van der Waals surface area contributed by atoms with Crippen LogP contribution in [0.4, 0.5) is 4.39 Å². The van der Waals surface area contributed by atoms with Gasteiger partial charge in [0.15, 0.2) is 0 Å². The van der Waals surface area contributed by atoms with Crippen LogP contribution in [0.3, 0.4) is 0 Å². The van der Waals surface area contributed by atoms with Gasteiger partial charge in [0.1, 0.15) is 11.2 Å². The van der Waals surface area contributed by atoms with Crippen LogP contribution in [0.1, 0.15) is 23.3 Å². The second-order valence-electron chi connectivity index (χ2n) is 4.30. The summed E-state index contributed by atoms with van der Waals surface area (Å²) in [6, 6.07) is 3.78. The molecule has 0 aromatic carbocycles. The standard InChI is InChI=1S/C12H13FN2O4/c13-9-3-1-2-8(14-9)10(16)15-12(11(17)18)4-6-19-7-5-12/h1-3H,4-7H2,(H,15,16)(H,17,18). The van der Waals surface area contributed by atoms with Crippen molar-refractivity contribution in [1.29, 1.82) is 0 Å². The van der Waals surface area contributed by atoms with E-state index in [1.54, 1.807) is 0 Å². The topological polar surface area (TPSA) is 88.5 Å². The van der Waals surface area contributed by atoms with Gasteiger partial charge >= 0.3 is 5.97 Å². The molecular weight excluding hydrogens is 255 g/mol. The van der Waals surface area contributed by atoms with Gasteiger partial charge in [-0.3, -0.25) is 4.79 Å². The second-order valence-corrected chi connectivity index (χ2v) is 4.30. The lowest BCUT2D eigenvalue weighted by molar-refractivity contribution is -0.148. The predicted molar refractivity (Wildman–Crippen MR) is 62.1 cm³/mol. The molecule has 6 nitrogen and oxygen atoms in total. The molecule has 1 aromatic rings. The number of hydrogen-bond acceptors (Lipinski definition) is 4. The van der Waals surface area contributed by atoms with Crippen molar-refractivity contribution in [2.24, 2.45) is 0 Å². The van der Waals surface area contributed by atoms with Crippen molar-refractivity contribution >= 4 is 11.9 Å². The molecule has 1 aliphatic heterocycles. The molecule has 2 N–H and O–H groups in total. The van der Waals surface area contributed by atoms with Gasteiger partial charge in [-0.15, -0.1) is 0 Å². The zero-order valence-electron chi connectivity index (χ0n) is 10.1. The molecule has 0 unspecified atom stereocenters. The van der Waals surface area contributed by atoms with E-state index in [2.05, 4.69) is 10.3 Å². The highest BCUT2D eigenvalue weighted by Crippen LogP contribution is 2.21. The third kappa shape index (κ3) is 2.87. The molecule has 102 valence electrons. The summed E-state index contributed by atoms with van der Waals surface area (Å²) in [6.45, 7) is 0.506. The molecule has 0 saturated carbocycles. The molecule has 1 amide bonds. The molecule has 19 heavy (non-hydrogen) atoms. The molecule has 1 saturated heterocycles. The molecule has 0 spiro atoms. The fraction of sp³-hybridized carbons (Fsp3) is 0.417. The molecule has 7 heteroatoms. The maximum absolute atomic E-state index is 12.9. The summed E-state index contributed by atoms with van der Waals surface area (Å²) in [7, 11) is 0. The molecule has 0 radical (unpaired) electrons. The Morgan fingerprint density at radius 3 is 2.63 bits per heavy atom. The minimum absolute atomic E-state index is 0.146. The Hall–Kier alpha value is -2.02. The fourth-order valence-corrected chi connectivity index (χ4v) is 1.93. The Labute approximate surface area is 108 Å². The van der Waals surface area contributed by atoms with E-state index in [9.17, 15) is 19.1 Å². The average molecular weight is 268 g/mol. The Balaban J connectivity index is 2.18. The van der Waals surface area contributed by atoms with Gasteiger partial charge in [-0.2, -0.15) is 4.39 Å². The number of amides is 1. The lowest BCUT2D eigenvalue weighted by atomic mass is 9.90. The normalized spacial score (nSPS) is 17.7. The number of carbonyl (C=O) groups excluding carboxylic acids is 1. The summed E-state index contributed by atoms with van der Waals surface area (Å²) in [6.07, 6.45) is 0.340. The third-order valence-corrected chi connectivity index (χ3v) is 3.06. The number of nitrogens with one attached hydrogen (secondary N) is 1. The van der Waals surface area contributed by atoms with Crippen molar-refractivity contribution < 1.29 is 23.8 Å². The van der Waals surface area contributed by atoms with Crippen LogP contribution in [-0.2, 0) is 9.53 Å². The van der Waals surface area contributed by atoms with Crippen LogP contribution >= 0.6 is 0 Å². The van der Waals surface area contributed by atoms with Crippen molar-refractivity contribution in [2.75, 3.05) is 13.2 Å². The summed E-state index contributed by atoms with van der Waals surface area (Å²) in [5.41, 5.74) is -1.52. The molecule has 2 rings (SSSR count). The highest BCUT2D eigenvalue weighted by molar-refractivity contribution is 5.96. The van der Waals surface area contributed by atoms with Crippen molar-refractivity contribution in [1.82, 2.24) is 10.3 Å². The van der Waals surface area contributed by atoms with Crippen LogP contribution in [0.5, 0.6) is 0 Å². The number of carbonyl (C=O) groups is 2. The Morgan fingerprint density at radius 2 is 2.05 bits per heavy atom. The highest BCUT2D eigenvalue weighted by atomic mass is 19.1. The first kappa shape index (κ1) is 13.4. The minimum atomic E-state index is -1.37. The lowest BCUT2D eigenvalue weighted by Crippen LogP contribution is -2.57. The number of hydrogen-bond donors (Lipinski definition) is 2. The minimum Gasteiger partial charge on any atom is -0.480 e. The summed E-state index contributed by atoms with van der Waals surface area (Å²) in [5.74, 6) is -2.62. The SMILES string of the molecule is O=C(NC1(C(=O)O)CCOCC1)c1cccc(F)n1. The molecule has 2 heterocycles. The van der Waals surface area contributed by atoms with Crippen LogP contribution < -0.4 is 5.32 Å². The third-order valence-electron chi connectivity index (χ3n) is 3.06. The summed E-state index contributed by atoms with van der Waals surface area (Å²) >= 11 is 0. The smallest absolute Gasteiger partial charge is 0.329 e. The van der Waals surface area contributed by atoms with Crippen LogP contribution in [0.2, 0.25) is 0 Å². The Morgan fingerprint density at radius 1 is 1.37 bits per heavy atom. The van der Waals surface area contributed by atoms with Crippen LogP contribution in [0.15, 0.2) is 18.2 Å². The van der Waals surface area contributed by atoms with E-state index in [-0.39, 0.29) is 31.7 Å². The highest BCUT2D eigenvalue weighted by Gasteiger charge is 2.41. The van der Waals surface area contributed by atoms with E-state index in [0.717, 1.165) is 6.07 Å². The van der Waals surface area contributed by atoms with E-state index in [4.69, 9.17) is 4.74 Å². The number of pyridine rings is 1. The molecular formula is C12H13FN2O4. The van der Waals surface area contributed by atoms with E-state index in [1.807, 2.05) is 0 Å². The van der Waals surface area contributed by atoms with Gasteiger partial charge in [0.25, 0.3) is 5.91 Å². The summed E-state index contributed by atoms with van der Waals surface area (Å²) in [5, 5.41) is 11.7. The second kappa shape index (κ2) is 5.31. The molecule has 0 bridgehead atoms. The van der Waals surface area contributed by atoms with Gasteiger partial charge in [-0.1, -0.05) is 6.07 Å². The number of ether oxygens (including phenoxy) is 1. The van der Waals surface area contributed by atoms with Crippen LogP contribution in [0.25, 0.3) is 0 Å². The number of rotatable bonds is 3. The van der Waals surface area contributed by atoms with Gasteiger partial charge in [0.05, 0.1) is 0 Å². The van der Waals surface area contributed by atoms with E-state index >= 15 is 0 Å². The quantitative estimate of drug-likeness (QED) is 0.783. The average Bonchev–Trinajstić information content (AvgIpc) is 2.39. The molecule has 1 aliphatic rings. The maximum Gasteiger partial charge on any atom is 0.329 e. The number of carboxylic acids is 1. The Kier molecular flexibility index (Phi) is 3.75. The zero-order chi connectivity index (χ0) is 13.9. The number of halogens is 1. The summed E-state index contributed by atoms with van der Waals surface area (Å²) < 4.78 is 18.0. The maximum atomic E-state index is 12.9. The van der Waals surface area contributed by atoms with E-state index < -0.39 is 23.4 Å². The first-order valence-electron chi connectivity index (χ1n) is 5.80. The van der Waals surface area contributed by atoms with Gasteiger partial charge in [0.2, 0.25) is 5.95 Å². The molecule has 1 aromatic heterocycles. The van der Waals surface area contributed by atoms with Crippen LogP contribution in [0, 0.1) is 5.95 Å². The first-order valence-corrected chi connectivity index (χ1v) is 5.80. The molecule has 0 aliphatic carbocycles. The van der Waals surface area contributed by atoms with Gasteiger partial charge in [-0.05, 0) is 12.1 Å². The Bertz CT molecular complexity index is 500. The number of aromatic nitrogens is 1. The van der Waals surface area contributed by atoms with E-state index in [0.29, 0.717) is 0 Å². The molecule has 1 fully saturated rings. The first-order chi connectivity index (χ1) is 9.03. The van der Waals surface area contributed by atoms with Crippen molar-refractivity contribution in [3.63, 3.8) is 0 Å². The fourth-order valence-electron chi connectivity index (χ4n) is 1.93. The van der Waals surface area contributed by atoms with Crippen molar-refractivity contribution in [3.8, 4) is 0 Å². The van der Waals surface area contributed by atoms with Gasteiger partial charge in [-0.25, -0.2) is 9.78 Å². The zero-order valence-corrected chi connectivity index (χ0v) is 10.1. The predicted octanol–water partition coefficient (Wildman–Crippen LogP) is 0.584. The van der Waals surface area contributed by atoms with Crippen molar-refractivity contribution in [2.45, 2.75) is 18.4 Å². The number of nitrogens with zero attached hydrogens (tertiary/aromatic N) is 1. The van der Waals surface area contributed by atoms with E-state index in [1.165, 1.54) is 12.1 Å². The molecule has 0 atom stereocenters. The number of carboxylic acid groups (broad SMARTS) is 1. The lowest BCUT2D eigenvalue weighted by Gasteiger charge is -2.33.